The summed E-state index contributed by atoms with van der Waals surface area (Å²) in [5.74, 6) is 2.64. The molecular formula is C17H23Cl. The van der Waals surface area contributed by atoms with Crippen LogP contribution >= 0.6 is 11.6 Å². The first-order valence-electron chi connectivity index (χ1n) is 7.23. The van der Waals surface area contributed by atoms with Crippen LogP contribution in [0.2, 0.25) is 0 Å². The Morgan fingerprint density at radius 1 is 1.00 bits per heavy atom. The summed E-state index contributed by atoms with van der Waals surface area (Å²) in [5, 5.41) is 0.249. The van der Waals surface area contributed by atoms with Crippen LogP contribution in [0, 0.1) is 45.4 Å². The van der Waals surface area contributed by atoms with Crippen LogP contribution < -0.4 is 0 Å². The maximum absolute atomic E-state index is 6.86. The molecule has 0 aliphatic heterocycles. The smallest absolute Gasteiger partial charge is 0.0624 e. The first-order chi connectivity index (χ1) is 8.52. The standard InChI is InChI=1S/C17H23Cl/c1-9-8-10(2)12(4)15(11(9)3)17(18)16-13-6-5-7-14(13)16/h8,13-14,16-17H,5-7H2,1-4H3. The van der Waals surface area contributed by atoms with E-state index in [1.54, 1.807) is 0 Å². The quantitative estimate of drug-likeness (QED) is 0.639. The monoisotopic (exact) mass is 262 g/mol. The predicted molar refractivity (Wildman–Crippen MR) is 78.3 cm³/mol. The van der Waals surface area contributed by atoms with Crippen molar-refractivity contribution in [2.75, 3.05) is 0 Å². The molecule has 0 nitrogen and oxygen atoms in total. The summed E-state index contributed by atoms with van der Waals surface area (Å²) in [6.45, 7) is 8.90. The van der Waals surface area contributed by atoms with E-state index in [0.717, 1.165) is 17.8 Å². The van der Waals surface area contributed by atoms with E-state index in [0.29, 0.717) is 0 Å². The van der Waals surface area contributed by atoms with Crippen LogP contribution in [0.5, 0.6) is 0 Å². The van der Waals surface area contributed by atoms with Crippen LogP contribution in [0.25, 0.3) is 0 Å². The van der Waals surface area contributed by atoms with Gasteiger partial charge in [0.25, 0.3) is 0 Å². The molecule has 18 heavy (non-hydrogen) atoms. The lowest BCUT2D eigenvalue weighted by atomic mass is 9.89. The van der Waals surface area contributed by atoms with Crippen LogP contribution in [-0.2, 0) is 0 Å². The summed E-state index contributed by atoms with van der Waals surface area (Å²) in [6.07, 6.45) is 4.27. The van der Waals surface area contributed by atoms with E-state index in [9.17, 15) is 0 Å². The van der Waals surface area contributed by atoms with Crippen molar-refractivity contribution in [3.8, 4) is 0 Å². The van der Waals surface area contributed by atoms with E-state index < -0.39 is 0 Å². The van der Waals surface area contributed by atoms with E-state index in [-0.39, 0.29) is 5.38 Å². The predicted octanol–water partition coefficient (Wildman–Crippen LogP) is 5.25. The molecule has 1 aromatic carbocycles. The number of aryl methyl sites for hydroxylation is 2. The minimum atomic E-state index is 0.249. The molecule has 2 aliphatic rings. The minimum absolute atomic E-state index is 0.249. The van der Waals surface area contributed by atoms with Crippen LogP contribution in [0.1, 0.15) is 52.5 Å². The Hall–Kier alpha value is -0.490. The van der Waals surface area contributed by atoms with Crippen molar-refractivity contribution in [2.24, 2.45) is 17.8 Å². The zero-order chi connectivity index (χ0) is 13.0. The highest BCUT2D eigenvalue weighted by Crippen LogP contribution is 2.64. The zero-order valence-corrected chi connectivity index (χ0v) is 12.6. The van der Waals surface area contributed by atoms with E-state index >= 15 is 0 Å². The van der Waals surface area contributed by atoms with Crippen LogP contribution in [0.4, 0.5) is 0 Å². The average Bonchev–Trinajstić information content (AvgIpc) is 2.80. The van der Waals surface area contributed by atoms with Gasteiger partial charge in [-0.25, -0.2) is 0 Å². The maximum atomic E-state index is 6.86. The molecule has 0 spiro atoms. The third-order valence-electron chi connectivity index (χ3n) is 5.51. The second-order valence-electron chi connectivity index (χ2n) is 6.41. The van der Waals surface area contributed by atoms with Gasteiger partial charge in [0.2, 0.25) is 0 Å². The summed E-state index contributed by atoms with van der Waals surface area (Å²) in [7, 11) is 0. The van der Waals surface area contributed by atoms with E-state index in [2.05, 4.69) is 33.8 Å². The van der Waals surface area contributed by atoms with Crippen LogP contribution in [-0.4, -0.2) is 0 Å². The minimum Gasteiger partial charge on any atom is -0.117 e. The molecule has 0 heterocycles. The van der Waals surface area contributed by atoms with Crippen molar-refractivity contribution in [1.82, 2.24) is 0 Å². The van der Waals surface area contributed by atoms with Gasteiger partial charge in [-0.05, 0) is 86.1 Å². The molecule has 2 aliphatic carbocycles. The average molecular weight is 263 g/mol. The van der Waals surface area contributed by atoms with Gasteiger partial charge in [-0.1, -0.05) is 12.5 Å². The molecule has 0 saturated heterocycles. The van der Waals surface area contributed by atoms with Gasteiger partial charge in [-0.2, -0.15) is 0 Å². The molecule has 3 atom stereocenters. The summed E-state index contributed by atoms with van der Waals surface area (Å²) >= 11 is 6.86. The largest absolute Gasteiger partial charge is 0.117 e. The molecule has 1 heteroatoms. The second-order valence-corrected chi connectivity index (χ2v) is 6.88. The van der Waals surface area contributed by atoms with E-state index in [4.69, 9.17) is 11.6 Å². The Labute approximate surface area is 116 Å². The topological polar surface area (TPSA) is 0 Å². The first kappa shape index (κ1) is 12.5. The van der Waals surface area contributed by atoms with Gasteiger partial charge in [0.05, 0.1) is 5.38 Å². The Morgan fingerprint density at radius 3 is 2.00 bits per heavy atom. The van der Waals surface area contributed by atoms with Gasteiger partial charge in [-0.15, -0.1) is 11.6 Å². The van der Waals surface area contributed by atoms with Gasteiger partial charge < -0.3 is 0 Å². The zero-order valence-electron chi connectivity index (χ0n) is 11.9. The van der Waals surface area contributed by atoms with Crippen molar-refractivity contribution in [3.63, 3.8) is 0 Å². The van der Waals surface area contributed by atoms with Gasteiger partial charge in [0.15, 0.2) is 0 Å². The third-order valence-corrected chi connectivity index (χ3v) is 6.02. The van der Waals surface area contributed by atoms with Gasteiger partial charge in [0, 0.05) is 0 Å². The highest BCUT2D eigenvalue weighted by molar-refractivity contribution is 6.21. The van der Waals surface area contributed by atoms with Crippen molar-refractivity contribution >= 4 is 11.6 Å². The molecule has 2 saturated carbocycles. The van der Waals surface area contributed by atoms with Gasteiger partial charge >= 0.3 is 0 Å². The van der Waals surface area contributed by atoms with Crippen molar-refractivity contribution in [1.29, 1.82) is 0 Å². The molecule has 3 unspecified atom stereocenters. The number of alkyl halides is 1. The van der Waals surface area contributed by atoms with Crippen molar-refractivity contribution < 1.29 is 0 Å². The lowest BCUT2D eigenvalue weighted by Crippen LogP contribution is -2.06. The molecule has 1 aromatic rings. The molecule has 2 fully saturated rings. The highest BCUT2D eigenvalue weighted by Gasteiger charge is 2.56. The fraction of sp³-hybridized carbons (Fsp3) is 0.647. The van der Waals surface area contributed by atoms with Gasteiger partial charge in [0.1, 0.15) is 0 Å². The third kappa shape index (κ3) is 1.72. The maximum Gasteiger partial charge on any atom is 0.0624 e. The van der Waals surface area contributed by atoms with E-state index in [1.165, 1.54) is 47.1 Å². The molecule has 0 bridgehead atoms. The number of hydrogen-bond acceptors (Lipinski definition) is 0. The number of halogens is 1. The number of benzene rings is 1. The highest BCUT2D eigenvalue weighted by atomic mass is 35.5. The molecule has 0 amide bonds. The first-order valence-corrected chi connectivity index (χ1v) is 7.67. The Kier molecular flexibility index (Phi) is 2.97. The molecule has 98 valence electrons. The Balaban J connectivity index is 1.97. The van der Waals surface area contributed by atoms with Crippen LogP contribution in [0.3, 0.4) is 0 Å². The Morgan fingerprint density at radius 2 is 1.50 bits per heavy atom. The molecule has 0 aromatic heterocycles. The van der Waals surface area contributed by atoms with Crippen molar-refractivity contribution in [2.45, 2.75) is 52.3 Å². The fourth-order valence-corrected chi connectivity index (χ4v) is 4.87. The second kappa shape index (κ2) is 4.27. The molecule has 0 radical (unpaired) electrons. The summed E-state index contributed by atoms with van der Waals surface area (Å²) in [6, 6.07) is 2.30. The number of hydrogen-bond donors (Lipinski definition) is 0. The van der Waals surface area contributed by atoms with Crippen LogP contribution in [0.15, 0.2) is 6.07 Å². The molecule has 0 N–H and O–H groups in total. The number of fused-ring (bicyclic) bond motifs is 1. The number of rotatable bonds is 2. The van der Waals surface area contributed by atoms with Gasteiger partial charge in [-0.3, -0.25) is 0 Å². The lowest BCUT2D eigenvalue weighted by molar-refractivity contribution is 0.571. The fourth-order valence-electron chi connectivity index (χ4n) is 4.16. The molecule has 3 rings (SSSR count). The normalized spacial score (nSPS) is 31.3. The summed E-state index contributed by atoms with van der Waals surface area (Å²) in [5.41, 5.74) is 7.06. The molecular weight excluding hydrogens is 240 g/mol. The SMILES string of the molecule is Cc1cc(C)c(C)c(C(Cl)C2C3CCCC32)c1C. The lowest BCUT2D eigenvalue weighted by Gasteiger charge is -2.21. The summed E-state index contributed by atoms with van der Waals surface area (Å²) < 4.78 is 0. The van der Waals surface area contributed by atoms with Crippen molar-refractivity contribution in [3.05, 3.63) is 33.9 Å². The Bertz CT molecular complexity index is 453. The van der Waals surface area contributed by atoms with E-state index in [1.807, 2.05) is 0 Å². The summed E-state index contributed by atoms with van der Waals surface area (Å²) in [4.78, 5) is 0.